The average molecular weight is 326 g/mol. The van der Waals surface area contributed by atoms with Gasteiger partial charge in [0.1, 0.15) is 0 Å². The molecule has 2 aromatic rings. The van der Waals surface area contributed by atoms with E-state index >= 15 is 0 Å². The monoisotopic (exact) mass is 325 g/mol. The van der Waals surface area contributed by atoms with Gasteiger partial charge in [-0.05, 0) is 50.3 Å². The highest BCUT2D eigenvalue weighted by molar-refractivity contribution is 6.30. The van der Waals surface area contributed by atoms with Gasteiger partial charge in [-0.2, -0.15) is 5.10 Å². The Morgan fingerprint density at radius 2 is 1.95 bits per heavy atom. The van der Waals surface area contributed by atoms with E-state index in [9.17, 15) is 0 Å². The quantitative estimate of drug-likeness (QED) is 0.858. The number of nitrogens with zero attached hydrogens (tertiary/aromatic N) is 1. The highest BCUT2D eigenvalue weighted by atomic mass is 35.5. The molecule has 0 spiro atoms. The van der Waals surface area contributed by atoms with Crippen LogP contribution < -0.4 is 5.32 Å². The minimum Gasteiger partial charge on any atom is -0.305 e. The lowest BCUT2D eigenvalue weighted by atomic mass is 10.0. The molecule has 5 heteroatoms. The van der Waals surface area contributed by atoms with Gasteiger partial charge in [-0.25, -0.2) is 0 Å². The van der Waals surface area contributed by atoms with Crippen LogP contribution in [-0.2, 0) is 6.54 Å². The number of H-pyrrole nitrogens is 1. The van der Waals surface area contributed by atoms with Crippen molar-refractivity contribution in [1.29, 1.82) is 0 Å². The Morgan fingerprint density at radius 3 is 2.48 bits per heavy atom. The van der Waals surface area contributed by atoms with E-state index in [1.807, 2.05) is 12.1 Å². The number of aryl methyl sites for hydroxylation is 2. The van der Waals surface area contributed by atoms with Crippen LogP contribution in [0.4, 0.5) is 0 Å². The second kappa shape index (κ2) is 6.82. The first-order valence-corrected chi connectivity index (χ1v) is 7.52. The van der Waals surface area contributed by atoms with E-state index in [4.69, 9.17) is 11.6 Å². The Labute approximate surface area is 136 Å². The molecule has 0 saturated heterocycles. The van der Waals surface area contributed by atoms with Crippen molar-refractivity contribution in [1.82, 2.24) is 15.5 Å². The zero-order chi connectivity index (χ0) is 14.1. The van der Waals surface area contributed by atoms with Gasteiger partial charge in [-0.3, -0.25) is 5.10 Å². The normalized spacial score (nSPS) is 15.6. The second-order valence-corrected chi connectivity index (χ2v) is 6.10. The van der Waals surface area contributed by atoms with Gasteiger partial charge in [0.2, 0.25) is 0 Å². The predicted molar refractivity (Wildman–Crippen MR) is 89.1 cm³/mol. The summed E-state index contributed by atoms with van der Waals surface area (Å²) in [7, 11) is 0. The second-order valence-electron chi connectivity index (χ2n) is 5.66. The average Bonchev–Trinajstić information content (AvgIpc) is 3.22. The van der Waals surface area contributed by atoms with E-state index in [0.29, 0.717) is 6.04 Å². The lowest BCUT2D eigenvalue weighted by Crippen LogP contribution is -2.23. The van der Waals surface area contributed by atoms with Gasteiger partial charge < -0.3 is 5.32 Å². The van der Waals surface area contributed by atoms with Crippen LogP contribution in [0.2, 0.25) is 5.02 Å². The topological polar surface area (TPSA) is 40.7 Å². The Balaban J connectivity index is 0.00000161. The minimum absolute atomic E-state index is 0. The van der Waals surface area contributed by atoms with E-state index in [-0.39, 0.29) is 12.4 Å². The van der Waals surface area contributed by atoms with Gasteiger partial charge in [0, 0.05) is 28.9 Å². The third-order valence-electron chi connectivity index (χ3n) is 4.10. The number of aromatic amines is 1. The first-order valence-electron chi connectivity index (χ1n) is 7.14. The predicted octanol–water partition coefficient (Wildman–Crippen LogP) is 4.34. The first kappa shape index (κ1) is 16.3. The van der Waals surface area contributed by atoms with Gasteiger partial charge in [-0.15, -0.1) is 12.4 Å². The molecule has 1 heterocycles. The van der Waals surface area contributed by atoms with Crippen LogP contribution in [0.15, 0.2) is 24.3 Å². The summed E-state index contributed by atoms with van der Waals surface area (Å²) in [6, 6.07) is 8.63. The maximum absolute atomic E-state index is 5.98. The molecule has 1 aromatic heterocycles. The van der Waals surface area contributed by atoms with Gasteiger partial charge in [0.25, 0.3) is 0 Å². The summed E-state index contributed by atoms with van der Waals surface area (Å²) in [6.07, 6.45) is 2.62. The number of benzene rings is 1. The van der Waals surface area contributed by atoms with Crippen molar-refractivity contribution in [2.24, 2.45) is 5.92 Å². The van der Waals surface area contributed by atoms with Crippen LogP contribution in [0, 0.1) is 19.8 Å². The smallest absolute Gasteiger partial charge is 0.0638 e. The zero-order valence-electron chi connectivity index (χ0n) is 12.3. The van der Waals surface area contributed by atoms with Crippen LogP contribution in [0.3, 0.4) is 0 Å². The molecule has 3 rings (SSSR count). The van der Waals surface area contributed by atoms with E-state index in [2.05, 4.69) is 41.5 Å². The molecule has 0 radical (unpaired) electrons. The Bertz CT molecular complexity index is 569. The summed E-state index contributed by atoms with van der Waals surface area (Å²) in [5, 5.41) is 11.8. The Kier molecular flexibility index (Phi) is 5.31. The maximum atomic E-state index is 5.98. The lowest BCUT2D eigenvalue weighted by Gasteiger charge is -2.19. The maximum Gasteiger partial charge on any atom is 0.0638 e. The Hall–Kier alpha value is -1.03. The van der Waals surface area contributed by atoms with Crippen LogP contribution in [0.5, 0.6) is 0 Å². The summed E-state index contributed by atoms with van der Waals surface area (Å²) < 4.78 is 0. The molecular weight excluding hydrogens is 305 g/mol. The van der Waals surface area contributed by atoms with Crippen LogP contribution in [0.25, 0.3) is 0 Å². The van der Waals surface area contributed by atoms with Crippen molar-refractivity contribution in [3.63, 3.8) is 0 Å². The minimum atomic E-state index is 0. The highest BCUT2D eigenvalue weighted by Gasteiger charge is 2.32. The zero-order valence-corrected chi connectivity index (χ0v) is 13.9. The molecule has 1 aliphatic carbocycles. The largest absolute Gasteiger partial charge is 0.305 e. The summed E-state index contributed by atoms with van der Waals surface area (Å²) in [4.78, 5) is 0. The number of halogens is 2. The molecule has 1 atom stereocenters. The van der Waals surface area contributed by atoms with Crippen LogP contribution in [-0.4, -0.2) is 10.2 Å². The van der Waals surface area contributed by atoms with Crippen molar-refractivity contribution < 1.29 is 0 Å². The highest BCUT2D eigenvalue weighted by Crippen LogP contribution is 2.41. The van der Waals surface area contributed by atoms with Crippen molar-refractivity contribution >= 4 is 24.0 Å². The van der Waals surface area contributed by atoms with Gasteiger partial charge in [-0.1, -0.05) is 23.7 Å². The molecule has 2 N–H and O–H groups in total. The van der Waals surface area contributed by atoms with Crippen LogP contribution in [0.1, 0.15) is 41.4 Å². The summed E-state index contributed by atoms with van der Waals surface area (Å²) in [5.74, 6) is 0.753. The van der Waals surface area contributed by atoms with E-state index < -0.39 is 0 Å². The molecule has 1 aromatic carbocycles. The molecule has 114 valence electrons. The molecule has 1 saturated carbocycles. The summed E-state index contributed by atoms with van der Waals surface area (Å²) in [6.45, 7) is 4.98. The standard InChI is InChI=1S/C16H20ClN3.ClH/c1-10-15(11(2)20-19-10)9-18-16(12-3-4-12)13-5-7-14(17)8-6-13;/h5-8,12,16,18H,3-4,9H2,1-2H3,(H,19,20);1H. The number of rotatable bonds is 5. The SMILES string of the molecule is Cc1n[nH]c(C)c1CNC(c1ccc(Cl)cc1)C1CC1.Cl. The fourth-order valence-corrected chi connectivity index (χ4v) is 2.83. The molecule has 1 fully saturated rings. The molecule has 3 nitrogen and oxygen atoms in total. The third kappa shape index (κ3) is 3.79. The molecule has 1 aliphatic rings. The van der Waals surface area contributed by atoms with Crippen molar-refractivity contribution in [3.8, 4) is 0 Å². The third-order valence-corrected chi connectivity index (χ3v) is 4.35. The van der Waals surface area contributed by atoms with Gasteiger partial charge in [0.05, 0.1) is 5.69 Å². The fraction of sp³-hybridized carbons (Fsp3) is 0.438. The van der Waals surface area contributed by atoms with E-state index in [0.717, 1.165) is 28.9 Å². The molecule has 1 unspecified atom stereocenters. The molecule has 0 aliphatic heterocycles. The number of hydrogen-bond acceptors (Lipinski definition) is 2. The number of hydrogen-bond donors (Lipinski definition) is 2. The molecule has 21 heavy (non-hydrogen) atoms. The van der Waals surface area contributed by atoms with Crippen molar-refractivity contribution in [2.45, 2.75) is 39.3 Å². The van der Waals surface area contributed by atoms with Gasteiger partial charge >= 0.3 is 0 Å². The fourth-order valence-electron chi connectivity index (χ4n) is 2.70. The van der Waals surface area contributed by atoms with E-state index in [1.165, 1.54) is 24.0 Å². The van der Waals surface area contributed by atoms with Crippen molar-refractivity contribution in [2.75, 3.05) is 0 Å². The number of nitrogens with one attached hydrogen (secondary N) is 2. The number of aromatic nitrogens is 2. The van der Waals surface area contributed by atoms with E-state index in [1.54, 1.807) is 0 Å². The first-order chi connectivity index (χ1) is 9.65. The van der Waals surface area contributed by atoms with Crippen molar-refractivity contribution in [3.05, 3.63) is 51.8 Å². The molecule has 0 bridgehead atoms. The van der Waals surface area contributed by atoms with Gasteiger partial charge in [0.15, 0.2) is 0 Å². The summed E-state index contributed by atoms with van der Waals surface area (Å²) in [5.41, 5.74) is 4.85. The van der Waals surface area contributed by atoms with Crippen LogP contribution >= 0.6 is 24.0 Å². The molecular formula is C16H21Cl2N3. The Morgan fingerprint density at radius 1 is 1.29 bits per heavy atom. The lowest BCUT2D eigenvalue weighted by molar-refractivity contribution is 0.479. The molecule has 0 amide bonds. The summed E-state index contributed by atoms with van der Waals surface area (Å²) >= 11 is 5.98.